The van der Waals surface area contributed by atoms with Crippen LogP contribution < -0.4 is 5.32 Å². The highest BCUT2D eigenvalue weighted by molar-refractivity contribution is 5.83. The van der Waals surface area contributed by atoms with Crippen LogP contribution in [0.3, 0.4) is 0 Å². The third-order valence-electron chi connectivity index (χ3n) is 7.06. The molecule has 8 heteroatoms. The van der Waals surface area contributed by atoms with Gasteiger partial charge in [0, 0.05) is 25.6 Å². The van der Waals surface area contributed by atoms with Crippen LogP contribution in [0.2, 0.25) is 0 Å². The average Bonchev–Trinajstić information content (AvgIpc) is 3.47. The number of nitrogens with one attached hydrogen (secondary N) is 1. The molecule has 1 saturated carbocycles. The smallest absolute Gasteiger partial charge is 0.407 e. The molecule has 2 N–H and O–H groups in total. The van der Waals surface area contributed by atoms with Crippen LogP contribution in [0, 0.1) is 5.92 Å². The van der Waals surface area contributed by atoms with E-state index in [4.69, 9.17) is 14.6 Å². The molecule has 1 heterocycles. The van der Waals surface area contributed by atoms with Gasteiger partial charge < -0.3 is 24.8 Å². The first-order valence-electron chi connectivity index (χ1n) is 12.2. The maximum absolute atomic E-state index is 13.2. The summed E-state index contributed by atoms with van der Waals surface area (Å²) in [4.78, 5) is 38.5. The summed E-state index contributed by atoms with van der Waals surface area (Å²) in [6.45, 7) is 1.21. The molecule has 184 valence electrons. The molecule has 0 bridgehead atoms. The lowest BCUT2D eigenvalue weighted by Gasteiger charge is -2.27. The summed E-state index contributed by atoms with van der Waals surface area (Å²) in [5.74, 6) is -0.836. The Morgan fingerprint density at radius 2 is 1.66 bits per heavy atom. The van der Waals surface area contributed by atoms with Gasteiger partial charge in [0.15, 0.2) is 6.10 Å². The lowest BCUT2D eigenvalue weighted by Crippen LogP contribution is -2.50. The molecule has 1 saturated heterocycles. The molecule has 35 heavy (non-hydrogen) atoms. The molecule has 2 atom stereocenters. The Morgan fingerprint density at radius 1 is 1.00 bits per heavy atom. The normalized spacial score (nSPS) is 20.7. The quantitative estimate of drug-likeness (QED) is 0.572. The maximum atomic E-state index is 13.2. The van der Waals surface area contributed by atoms with Gasteiger partial charge >= 0.3 is 12.1 Å². The Bertz CT molecular complexity index is 1070. The van der Waals surface area contributed by atoms with Crippen molar-refractivity contribution in [1.82, 2.24) is 10.2 Å². The topological polar surface area (TPSA) is 105 Å². The van der Waals surface area contributed by atoms with Gasteiger partial charge in [-0.25, -0.2) is 4.79 Å². The zero-order valence-electron chi connectivity index (χ0n) is 19.5. The minimum Gasteiger partial charge on any atom is -0.481 e. The molecule has 8 nitrogen and oxygen atoms in total. The molecule has 0 radical (unpaired) electrons. The van der Waals surface area contributed by atoms with Crippen molar-refractivity contribution in [2.45, 2.75) is 43.7 Å². The molecule has 1 aliphatic heterocycles. The van der Waals surface area contributed by atoms with E-state index < -0.39 is 24.2 Å². The average molecular weight is 479 g/mol. The number of rotatable bonds is 9. The predicted octanol–water partition coefficient (Wildman–Crippen LogP) is 3.40. The molecule has 2 aliphatic carbocycles. The van der Waals surface area contributed by atoms with Crippen LogP contribution >= 0.6 is 0 Å². The van der Waals surface area contributed by atoms with Gasteiger partial charge in [-0.15, -0.1) is 0 Å². The van der Waals surface area contributed by atoms with Crippen molar-refractivity contribution in [2.24, 2.45) is 5.92 Å². The fraction of sp³-hybridized carbons (Fsp3) is 0.444. The van der Waals surface area contributed by atoms with Crippen molar-refractivity contribution in [3.63, 3.8) is 0 Å². The van der Waals surface area contributed by atoms with E-state index in [1.54, 1.807) is 4.90 Å². The van der Waals surface area contributed by atoms with Crippen LogP contribution in [0.1, 0.15) is 42.7 Å². The number of carbonyl (C=O) groups excluding carboxylic acids is 2. The first-order valence-corrected chi connectivity index (χ1v) is 12.2. The maximum Gasteiger partial charge on any atom is 0.407 e. The van der Waals surface area contributed by atoms with Crippen LogP contribution in [-0.2, 0) is 19.1 Å². The van der Waals surface area contributed by atoms with Crippen LogP contribution in [-0.4, -0.2) is 66.4 Å². The van der Waals surface area contributed by atoms with Gasteiger partial charge in [0.25, 0.3) is 5.91 Å². The Labute approximate surface area is 204 Å². The Balaban J connectivity index is 1.20. The molecule has 2 unspecified atom stereocenters. The fourth-order valence-corrected chi connectivity index (χ4v) is 5.09. The Hall–Kier alpha value is -3.39. The highest BCUT2D eigenvalue weighted by atomic mass is 16.6. The zero-order valence-corrected chi connectivity index (χ0v) is 19.5. The number of hydrogen-bond acceptors (Lipinski definition) is 5. The predicted molar refractivity (Wildman–Crippen MR) is 128 cm³/mol. The summed E-state index contributed by atoms with van der Waals surface area (Å²) >= 11 is 0. The second kappa shape index (κ2) is 10.1. The molecular weight excluding hydrogens is 448 g/mol. The Morgan fingerprint density at radius 3 is 2.29 bits per heavy atom. The number of amides is 2. The van der Waals surface area contributed by atoms with Crippen LogP contribution in [0.25, 0.3) is 11.1 Å². The van der Waals surface area contributed by atoms with Crippen molar-refractivity contribution in [3.05, 3.63) is 59.7 Å². The van der Waals surface area contributed by atoms with E-state index in [-0.39, 0.29) is 31.4 Å². The van der Waals surface area contributed by atoms with Crippen LogP contribution in [0.15, 0.2) is 48.5 Å². The summed E-state index contributed by atoms with van der Waals surface area (Å²) in [6, 6.07) is 15.8. The van der Waals surface area contributed by atoms with E-state index in [0.29, 0.717) is 25.5 Å². The van der Waals surface area contributed by atoms with Crippen molar-refractivity contribution >= 4 is 18.0 Å². The number of carboxylic acid groups (broad SMARTS) is 1. The van der Waals surface area contributed by atoms with E-state index in [1.165, 1.54) is 0 Å². The largest absolute Gasteiger partial charge is 0.481 e. The minimum atomic E-state index is -0.945. The summed E-state index contributed by atoms with van der Waals surface area (Å²) in [6.07, 6.45) is 1.06. The van der Waals surface area contributed by atoms with E-state index in [2.05, 4.69) is 29.6 Å². The second-order valence-corrected chi connectivity index (χ2v) is 9.53. The van der Waals surface area contributed by atoms with Crippen molar-refractivity contribution in [3.8, 4) is 11.1 Å². The summed E-state index contributed by atoms with van der Waals surface area (Å²) in [5.41, 5.74) is 4.58. The van der Waals surface area contributed by atoms with Gasteiger partial charge in [0.1, 0.15) is 6.61 Å². The summed E-state index contributed by atoms with van der Waals surface area (Å²) in [7, 11) is 0. The van der Waals surface area contributed by atoms with Crippen LogP contribution in [0.4, 0.5) is 4.79 Å². The third kappa shape index (κ3) is 5.17. The zero-order chi connectivity index (χ0) is 24.4. The van der Waals surface area contributed by atoms with Gasteiger partial charge in [-0.1, -0.05) is 48.5 Å². The lowest BCUT2D eigenvalue weighted by atomic mass is 9.98. The van der Waals surface area contributed by atoms with Crippen molar-refractivity contribution < 1.29 is 29.0 Å². The number of benzene rings is 2. The van der Waals surface area contributed by atoms with E-state index in [1.807, 2.05) is 24.3 Å². The first-order chi connectivity index (χ1) is 17.0. The van der Waals surface area contributed by atoms with Crippen molar-refractivity contribution in [1.29, 1.82) is 0 Å². The fourth-order valence-electron chi connectivity index (χ4n) is 5.09. The molecule has 0 spiro atoms. The lowest BCUT2D eigenvalue weighted by molar-refractivity contribution is -0.143. The molecule has 2 aromatic rings. The van der Waals surface area contributed by atoms with E-state index in [0.717, 1.165) is 35.1 Å². The number of carbonyl (C=O) groups is 3. The SMILES string of the molecule is O=C(O)CCN(CC1CC1)C(=O)C1OCCC1NC(=O)OCC1c2ccccc2-c2ccccc21. The third-order valence-corrected chi connectivity index (χ3v) is 7.06. The molecule has 0 aromatic heterocycles. The van der Waals surface area contributed by atoms with Gasteiger partial charge in [-0.05, 0) is 47.4 Å². The minimum absolute atomic E-state index is 0.0459. The van der Waals surface area contributed by atoms with Gasteiger partial charge in [-0.2, -0.15) is 0 Å². The number of aliphatic carboxylic acids is 1. The molecule has 5 rings (SSSR count). The molecule has 2 fully saturated rings. The van der Waals surface area contributed by atoms with Gasteiger partial charge in [0.05, 0.1) is 12.5 Å². The monoisotopic (exact) mass is 478 g/mol. The molecule has 2 amide bonds. The number of nitrogens with zero attached hydrogens (tertiary/aromatic N) is 1. The molecule has 2 aromatic carbocycles. The van der Waals surface area contributed by atoms with Gasteiger partial charge in [-0.3, -0.25) is 9.59 Å². The Kier molecular flexibility index (Phi) is 6.72. The molecular formula is C27H30N2O6. The first kappa shape index (κ1) is 23.4. The standard InChI is InChI=1S/C27H30N2O6/c30-24(31)11-13-29(15-17-9-10-17)26(32)25-23(12-14-34-25)28-27(33)35-16-22-20-7-3-1-5-18(20)19-6-2-4-8-21(19)22/h1-8,17,22-23,25H,9-16H2,(H,28,33)(H,30,31). The van der Waals surface area contributed by atoms with E-state index >= 15 is 0 Å². The second-order valence-electron chi connectivity index (χ2n) is 9.53. The number of alkyl carbamates (subject to hydrolysis) is 1. The summed E-state index contributed by atoms with van der Waals surface area (Å²) in [5, 5.41) is 11.9. The highest BCUT2D eigenvalue weighted by Gasteiger charge is 2.40. The number of hydrogen-bond donors (Lipinski definition) is 2. The van der Waals surface area contributed by atoms with Crippen molar-refractivity contribution in [2.75, 3.05) is 26.3 Å². The highest BCUT2D eigenvalue weighted by Crippen LogP contribution is 2.44. The van der Waals surface area contributed by atoms with E-state index in [9.17, 15) is 14.4 Å². The number of fused-ring (bicyclic) bond motifs is 3. The van der Waals surface area contributed by atoms with Gasteiger partial charge in [0.2, 0.25) is 0 Å². The molecule has 3 aliphatic rings. The number of carboxylic acids is 1. The van der Waals surface area contributed by atoms with Crippen LogP contribution in [0.5, 0.6) is 0 Å². The summed E-state index contributed by atoms with van der Waals surface area (Å²) < 4.78 is 11.3. The number of ether oxygens (including phenoxy) is 2.